The van der Waals surface area contributed by atoms with Gasteiger partial charge in [0, 0.05) is 23.6 Å². The number of carbonyl (C=O) groups excluding carboxylic acids is 2. The minimum atomic E-state index is -0.704. The van der Waals surface area contributed by atoms with Crippen LogP contribution in [0, 0.1) is 0 Å². The second-order valence-corrected chi connectivity index (χ2v) is 9.12. The lowest BCUT2D eigenvalue weighted by atomic mass is 10.0. The number of hydrogen-bond donors (Lipinski definition) is 2. The molecule has 0 aliphatic carbocycles. The zero-order valence-electron chi connectivity index (χ0n) is 20.0. The second kappa shape index (κ2) is 12.7. The van der Waals surface area contributed by atoms with E-state index in [9.17, 15) is 9.59 Å². The predicted octanol–water partition coefficient (Wildman–Crippen LogP) is 6.10. The molecule has 0 spiro atoms. The summed E-state index contributed by atoms with van der Waals surface area (Å²) in [6.45, 7) is 0.534. The topological polar surface area (TPSA) is 58.2 Å². The molecule has 0 heterocycles. The molecule has 2 amide bonds. The summed E-state index contributed by atoms with van der Waals surface area (Å²) in [4.78, 5) is 26.1. The normalized spacial score (nSPS) is 11.5. The summed E-state index contributed by atoms with van der Waals surface area (Å²) in [5.41, 5.74) is 4.77. The maximum atomic E-state index is 13.1. The van der Waals surface area contributed by atoms with Crippen LogP contribution >= 0.6 is 11.6 Å². The Balaban J connectivity index is 1.40. The second-order valence-electron chi connectivity index (χ2n) is 8.68. The van der Waals surface area contributed by atoms with Crippen LogP contribution in [0.15, 0.2) is 109 Å². The summed E-state index contributed by atoms with van der Waals surface area (Å²) in [7, 11) is 0. The number of nitrogens with one attached hydrogen (secondary N) is 2. The molecule has 0 radical (unpaired) electrons. The molecule has 0 aliphatic heterocycles. The van der Waals surface area contributed by atoms with Crippen LogP contribution in [0.5, 0.6) is 0 Å². The van der Waals surface area contributed by atoms with Crippen LogP contribution in [0.1, 0.15) is 27.9 Å². The molecule has 4 rings (SSSR count). The van der Waals surface area contributed by atoms with E-state index in [-0.39, 0.29) is 11.8 Å². The molecule has 0 fully saturated rings. The van der Waals surface area contributed by atoms with Gasteiger partial charge in [0.15, 0.2) is 0 Å². The van der Waals surface area contributed by atoms with E-state index in [2.05, 4.69) is 22.8 Å². The largest absolute Gasteiger partial charge is 0.354 e. The summed E-state index contributed by atoms with van der Waals surface area (Å²) >= 11 is 6.02. The fourth-order valence-corrected chi connectivity index (χ4v) is 4.15. The lowest BCUT2D eigenvalue weighted by molar-refractivity contribution is -0.122. The van der Waals surface area contributed by atoms with Crippen LogP contribution in [0.25, 0.3) is 11.1 Å². The Morgan fingerprint density at radius 1 is 0.694 bits per heavy atom. The van der Waals surface area contributed by atoms with Crippen molar-refractivity contribution in [3.05, 3.63) is 131 Å². The number of amides is 2. The van der Waals surface area contributed by atoms with Gasteiger partial charge >= 0.3 is 0 Å². The molecule has 0 saturated carbocycles. The van der Waals surface area contributed by atoms with Crippen molar-refractivity contribution in [2.75, 3.05) is 6.54 Å². The fraction of sp³-hybridized carbons (Fsp3) is 0.161. The average Bonchev–Trinajstić information content (AvgIpc) is 2.93. The van der Waals surface area contributed by atoms with E-state index in [0.29, 0.717) is 23.6 Å². The number of rotatable bonds is 10. The Kier molecular flexibility index (Phi) is 8.90. The SMILES string of the molecule is O=C(N[C@@H](Cc1ccc(Cl)cc1)C(=O)NCCCc1ccccc1)c1ccc(-c2ccccc2)cc1. The highest BCUT2D eigenvalue weighted by Gasteiger charge is 2.22. The summed E-state index contributed by atoms with van der Waals surface area (Å²) in [6.07, 6.45) is 2.07. The molecule has 2 N–H and O–H groups in total. The van der Waals surface area contributed by atoms with Gasteiger partial charge in [-0.3, -0.25) is 9.59 Å². The molecule has 1 atom stereocenters. The van der Waals surface area contributed by atoms with Crippen molar-refractivity contribution in [1.82, 2.24) is 10.6 Å². The van der Waals surface area contributed by atoms with Crippen LogP contribution in [0.2, 0.25) is 5.02 Å². The summed E-state index contributed by atoms with van der Waals surface area (Å²) in [5.74, 6) is -0.486. The molecule has 4 aromatic rings. The number of aryl methyl sites for hydroxylation is 1. The van der Waals surface area contributed by atoms with Crippen molar-refractivity contribution in [3.63, 3.8) is 0 Å². The smallest absolute Gasteiger partial charge is 0.251 e. The third-order valence-electron chi connectivity index (χ3n) is 6.01. The van der Waals surface area contributed by atoms with Gasteiger partial charge in [0.25, 0.3) is 5.91 Å². The number of carbonyl (C=O) groups is 2. The van der Waals surface area contributed by atoms with Gasteiger partial charge in [-0.25, -0.2) is 0 Å². The first kappa shape index (κ1) is 25.2. The molecule has 0 saturated heterocycles. The van der Waals surface area contributed by atoms with Crippen molar-refractivity contribution >= 4 is 23.4 Å². The Hall–Kier alpha value is -3.89. The van der Waals surface area contributed by atoms with Crippen molar-refractivity contribution in [3.8, 4) is 11.1 Å². The van der Waals surface area contributed by atoms with Crippen LogP contribution in [0.4, 0.5) is 0 Å². The lowest BCUT2D eigenvalue weighted by Gasteiger charge is -2.19. The van der Waals surface area contributed by atoms with Gasteiger partial charge in [0.05, 0.1) is 0 Å². The highest BCUT2D eigenvalue weighted by Crippen LogP contribution is 2.19. The fourth-order valence-electron chi connectivity index (χ4n) is 4.02. The van der Waals surface area contributed by atoms with E-state index < -0.39 is 6.04 Å². The Labute approximate surface area is 217 Å². The summed E-state index contributed by atoms with van der Waals surface area (Å²) in [6, 6.07) is 34.2. The zero-order chi connectivity index (χ0) is 25.2. The first-order chi connectivity index (χ1) is 17.6. The number of halogens is 1. The van der Waals surface area contributed by atoms with Gasteiger partial charge in [-0.15, -0.1) is 0 Å². The van der Waals surface area contributed by atoms with Gasteiger partial charge < -0.3 is 10.6 Å². The quantitative estimate of drug-likeness (QED) is 0.261. The average molecular weight is 497 g/mol. The molecule has 0 aromatic heterocycles. The molecule has 0 bridgehead atoms. The third kappa shape index (κ3) is 7.30. The van der Waals surface area contributed by atoms with Crippen molar-refractivity contribution in [1.29, 1.82) is 0 Å². The molecule has 4 nitrogen and oxygen atoms in total. The highest BCUT2D eigenvalue weighted by atomic mass is 35.5. The Morgan fingerprint density at radius 2 is 1.31 bits per heavy atom. The van der Waals surface area contributed by atoms with Crippen LogP contribution in [-0.2, 0) is 17.6 Å². The van der Waals surface area contributed by atoms with Gasteiger partial charge in [-0.2, -0.15) is 0 Å². The van der Waals surface area contributed by atoms with E-state index >= 15 is 0 Å². The van der Waals surface area contributed by atoms with Gasteiger partial charge in [0.2, 0.25) is 5.91 Å². The van der Waals surface area contributed by atoms with Crippen LogP contribution < -0.4 is 10.6 Å². The first-order valence-corrected chi connectivity index (χ1v) is 12.5. The van der Waals surface area contributed by atoms with Crippen molar-refractivity contribution < 1.29 is 9.59 Å². The van der Waals surface area contributed by atoms with Crippen molar-refractivity contribution in [2.24, 2.45) is 0 Å². The molecule has 4 aromatic carbocycles. The molecule has 36 heavy (non-hydrogen) atoms. The molecular weight excluding hydrogens is 468 g/mol. The van der Waals surface area contributed by atoms with Gasteiger partial charge in [0.1, 0.15) is 6.04 Å². The first-order valence-electron chi connectivity index (χ1n) is 12.1. The molecule has 5 heteroatoms. The monoisotopic (exact) mass is 496 g/mol. The zero-order valence-corrected chi connectivity index (χ0v) is 20.7. The maximum Gasteiger partial charge on any atom is 0.251 e. The van der Waals surface area contributed by atoms with Crippen molar-refractivity contribution in [2.45, 2.75) is 25.3 Å². The van der Waals surface area contributed by atoms with E-state index in [4.69, 9.17) is 11.6 Å². The Morgan fingerprint density at radius 3 is 1.97 bits per heavy atom. The predicted molar refractivity (Wildman–Crippen MR) is 146 cm³/mol. The van der Waals surface area contributed by atoms with E-state index in [0.717, 1.165) is 29.5 Å². The Bertz CT molecular complexity index is 1260. The standard InChI is InChI=1S/C31H29ClN2O2/c32-28-19-13-24(14-20-28)22-29(31(36)33-21-7-10-23-8-3-1-4-9-23)34-30(35)27-17-15-26(16-18-27)25-11-5-2-6-12-25/h1-6,8-9,11-20,29H,7,10,21-22H2,(H,33,36)(H,34,35)/t29-/m0/s1. The maximum absolute atomic E-state index is 13.1. The number of hydrogen-bond acceptors (Lipinski definition) is 2. The van der Waals surface area contributed by atoms with Gasteiger partial charge in [-0.05, 0) is 59.4 Å². The molecular formula is C31H29ClN2O2. The molecule has 0 aliphatic rings. The third-order valence-corrected chi connectivity index (χ3v) is 6.27. The lowest BCUT2D eigenvalue weighted by Crippen LogP contribution is -2.48. The van der Waals surface area contributed by atoms with Crippen LogP contribution in [0.3, 0.4) is 0 Å². The minimum Gasteiger partial charge on any atom is -0.354 e. The van der Waals surface area contributed by atoms with Crippen LogP contribution in [-0.4, -0.2) is 24.4 Å². The summed E-state index contributed by atoms with van der Waals surface area (Å²) in [5, 5.41) is 6.55. The summed E-state index contributed by atoms with van der Waals surface area (Å²) < 4.78 is 0. The van der Waals surface area contributed by atoms with E-state index in [1.165, 1.54) is 5.56 Å². The van der Waals surface area contributed by atoms with Gasteiger partial charge in [-0.1, -0.05) is 96.5 Å². The molecule has 0 unspecified atom stereocenters. The highest BCUT2D eigenvalue weighted by molar-refractivity contribution is 6.30. The van der Waals surface area contributed by atoms with E-state index in [1.54, 1.807) is 24.3 Å². The number of benzene rings is 4. The minimum absolute atomic E-state index is 0.202. The molecule has 182 valence electrons. The van der Waals surface area contributed by atoms with E-state index in [1.807, 2.05) is 72.8 Å².